The van der Waals surface area contributed by atoms with Crippen molar-refractivity contribution >= 4 is 24.3 Å². The van der Waals surface area contributed by atoms with E-state index in [2.05, 4.69) is 98.8 Å². The second kappa shape index (κ2) is 7.17. The van der Waals surface area contributed by atoms with Gasteiger partial charge in [0.1, 0.15) is 0 Å². The van der Waals surface area contributed by atoms with Gasteiger partial charge in [-0.2, -0.15) is 0 Å². The summed E-state index contributed by atoms with van der Waals surface area (Å²) in [5, 5.41) is 0. The Kier molecular flexibility index (Phi) is 4.58. The van der Waals surface area contributed by atoms with Gasteiger partial charge in [0.05, 0.1) is 0 Å². The predicted molar refractivity (Wildman–Crippen MR) is 114 cm³/mol. The molecule has 0 aliphatic heterocycles. The van der Waals surface area contributed by atoms with Gasteiger partial charge in [0.25, 0.3) is 0 Å². The van der Waals surface area contributed by atoms with Crippen LogP contribution in [0.1, 0.15) is 44.5 Å². The van der Waals surface area contributed by atoms with Gasteiger partial charge >= 0.3 is 0 Å². The fourth-order valence-corrected chi connectivity index (χ4v) is 3.40. The Morgan fingerprint density at radius 3 is 1.69 bits per heavy atom. The number of benzene rings is 3. The topological polar surface area (TPSA) is 0 Å². The lowest BCUT2D eigenvalue weighted by atomic mass is 9.82. The molecule has 0 spiro atoms. The summed E-state index contributed by atoms with van der Waals surface area (Å²) in [5.74, 6) is 0. The van der Waals surface area contributed by atoms with E-state index in [0.717, 1.165) is 0 Å². The van der Waals surface area contributed by atoms with E-state index in [9.17, 15) is 0 Å². The van der Waals surface area contributed by atoms with Crippen molar-refractivity contribution in [2.24, 2.45) is 0 Å². The molecule has 0 amide bonds. The zero-order valence-electron chi connectivity index (χ0n) is 15.5. The normalized spacial score (nSPS) is 13.2. The van der Waals surface area contributed by atoms with Gasteiger partial charge in [0.15, 0.2) is 0 Å². The summed E-state index contributed by atoms with van der Waals surface area (Å²) in [6, 6.07) is 21.9. The molecule has 0 aromatic heterocycles. The first kappa shape index (κ1) is 16.6. The third-order valence-corrected chi connectivity index (χ3v) is 5.18. The number of fused-ring (bicyclic) bond motifs is 1. The van der Waals surface area contributed by atoms with Crippen LogP contribution in [0.2, 0.25) is 0 Å². The zero-order valence-corrected chi connectivity index (χ0v) is 15.5. The highest BCUT2D eigenvalue weighted by Crippen LogP contribution is 2.31. The summed E-state index contributed by atoms with van der Waals surface area (Å²) < 4.78 is 0. The molecule has 0 heterocycles. The van der Waals surface area contributed by atoms with Crippen molar-refractivity contribution in [3.8, 4) is 0 Å². The Morgan fingerprint density at radius 2 is 1.15 bits per heavy atom. The second-order valence-corrected chi connectivity index (χ2v) is 7.19. The second-order valence-electron chi connectivity index (χ2n) is 7.19. The van der Waals surface area contributed by atoms with E-state index in [-0.39, 0.29) is 0 Å². The highest BCUT2D eigenvalue weighted by molar-refractivity contribution is 5.82. The quantitative estimate of drug-likeness (QED) is 0.463. The van der Waals surface area contributed by atoms with E-state index in [1.807, 2.05) is 0 Å². The molecule has 0 unspecified atom stereocenters. The van der Waals surface area contributed by atoms with E-state index in [4.69, 9.17) is 0 Å². The average molecular weight is 336 g/mol. The van der Waals surface area contributed by atoms with Crippen LogP contribution in [0.15, 0.2) is 60.7 Å². The molecule has 0 bridgehead atoms. The van der Waals surface area contributed by atoms with Crippen LogP contribution in [-0.2, 0) is 12.8 Å². The lowest BCUT2D eigenvalue weighted by Gasteiger charge is -2.23. The number of rotatable bonds is 4. The zero-order chi connectivity index (χ0) is 17.9. The Hall–Kier alpha value is -2.86. The van der Waals surface area contributed by atoms with Crippen LogP contribution < -0.4 is 0 Å². The van der Waals surface area contributed by atoms with Gasteiger partial charge < -0.3 is 0 Å². The first-order chi connectivity index (χ1) is 12.7. The molecule has 0 heteroatoms. The first-order valence-electron chi connectivity index (χ1n) is 9.33. The molecular weight excluding hydrogens is 312 g/mol. The van der Waals surface area contributed by atoms with Gasteiger partial charge in [-0.3, -0.25) is 0 Å². The summed E-state index contributed by atoms with van der Waals surface area (Å²) >= 11 is 0. The van der Waals surface area contributed by atoms with Gasteiger partial charge in [0, 0.05) is 0 Å². The fourth-order valence-electron chi connectivity index (χ4n) is 3.40. The van der Waals surface area contributed by atoms with Crippen LogP contribution in [0.5, 0.6) is 0 Å². The third-order valence-electron chi connectivity index (χ3n) is 5.18. The smallest absolute Gasteiger partial charge is 0.0149 e. The predicted octanol–water partition coefficient (Wildman–Crippen LogP) is 6.74. The summed E-state index contributed by atoms with van der Waals surface area (Å²) in [6.45, 7) is 4.25. The molecule has 0 saturated heterocycles. The maximum absolute atomic E-state index is 2.29. The Morgan fingerprint density at radius 1 is 0.577 bits per heavy atom. The average Bonchev–Trinajstić information content (AvgIpc) is 2.62. The highest BCUT2D eigenvalue weighted by Gasteiger charge is 2.17. The van der Waals surface area contributed by atoms with Crippen LogP contribution in [0, 0.1) is 13.8 Å². The van der Waals surface area contributed by atoms with Crippen molar-refractivity contribution < 1.29 is 0 Å². The molecule has 4 rings (SSSR count). The minimum absolute atomic E-state index is 1.19. The molecule has 0 N–H and O–H groups in total. The molecule has 1 aliphatic rings. The Bertz CT molecular complexity index is 968. The van der Waals surface area contributed by atoms with E-state index >= 15 is 0 Å². The van der Waals surface area contributed by atoms with Crippen LogP contribution in [0.4, 0.5) is 0 Å². The molecule has 3 aromatic carbocycles. The Balaban J connectivity index is 1.66. The Labute approximate surface area is 156 Å². The van der Waals surface area contributed by atoms with E-state index in [1.54, 1.807) is 0 Å². The van der Waals surface area contributed by atoms with Crippen molar-refractivity contribution in [3.63, 3.8) is 0 Å². The lowest BCUT2D eigenvalue weighted by Crippen LogP contribution is -2.11. The van der Waals surface area contributed by atoms with Crippen molar-refractivity contribution in [2.45, 2.75) is 26.7 Å². The largest absolute Gasteiger partial charge is 0.0587 e. The molecule has 0 atom stereocenters. The minimum atomic E-state index is 1.19. The minimum Gasteiger partial charge on any atom is -0.0587 e. The first-order valence-corrected chi connectivity index (χ1v) is 9.33. The van der Waals surface area contributed by atoms with Crippen LogP contribution in [0.3, 0.4) is 0 Å². The van der Waals surface area contributed by atoms with Crippen LogP contribution in [0.25, 0.3) is 24.3 Å². The number of hydrogen-bond donors (Lipinski definition) is 0. The molecule has 26 heavy (non-hydrogen) atoms. The summed E-state index contributed by atoms with van der Waals surface area (Å²) in [4.78, 5) is 0. The van der Waals surface area contributed by atoms with Crippen molar-refractivity contribution in [2.75, 3.05) is 0 Å². The van der Waals surface area contributed by atoms with E-state index in [0.29, 0.717) is 0 Å². The standard InChI is InChI=1S/C26H24/c1-19-3-7-21(8-4-19)11-13-23-14-15-24-16-18-26(24)25(23)17-12-22-9-5-20(2)6-10-22/h3-15,17H,16,18H2,1-2H3. The molecule has 1 aliphatic carbocycles. The van der Waals surface area contributed by atoms with Gasteiger partial charge in [-0.15, -0.1) is 0 Å². The van der Waals surface area contributed by atoms with Crippen molar-refractivity contribution in [3.05, 3.63) is 105 Å². The van der Waals surface area contributed by atoms with Crippen molar-refractivity contribution in [1.29, 1.82) is 0 Å². The molecule has 0 radical (unpaired) electrons. The summed E-state index contributed by atoms with van der Waals surface area (Å²) in [7, 11) is 0. The molecule has 0 nitrogen and oxygen atoms in total. The fraction of sp³-hybridized carbons (Fsp3) is 0.154. The molecule has 128 valence electrons. The molecule has 0 saturated carbocycles. The lowest BCUT2D eigenvalue weighted by molar-refractivity contribution is 0.835. The molecular formula is C26H24. The molecule has 0 fully saturated rings. The van der Waals surface area contributed by atoms with Gasteiger partial charge in [-0.1, -0.05) is 96.1 Å². The van der Waals surface area contributed by atoms with Gasteiger partial charge in [-0.25, -0.2) is 0 Å². The van der Waals surface area contributed by atoms with E-state index < -0.39 is 0 Å². The van der Waals surface area contributed by atoms with E-state index in [1.165, 1.54) is 57.3 Å². The van der Waals surface area contributed by atoms with Gasteiger partial charge in [0.2, 0.25) is 0 Å². The summed E-state index contributed by atoms with van der Waals surface area (Å²) in [6.07, 6.45) is 11.4. The van der Waals surface area contributed by atoms with Crippen molar-refractivity contribution in [1.82, 2.24) is 0 Å². The molecule has 3 aromatic rings. The SMILES string of the molecule is Cc1ccc(C=Cc2ccc3c(c2C=Cc2ccc(C)cc2)CC3)cc1. The maximum atomic E-state index is 2.29. The maximum Gasteiger partial charge on any atom is -0.0149 e. The number of hydrogen-bond acceptors (Lipinski definition) is 0. The van der Waals surface area contributed by atoms with Crippen LogP contribution >= 0.6 is 0 Å². The highest BCUT2D eigenvalue weighted by atomic mass is 14.2. The van der Waals surface area contributed by atoms with Gasteiger partial charge in [-0.05, 0) is 60.1 Å². The van der Waals surface area contributed by atoms with Crippen LogP contribution in [-0.4, -0.2) is 0 Å². The summed E-state index contributed by atoms with van der Waals surface area (Å²) in [5.41, 5.74) is 10.8. The number of aryl methyl sites for hydroxylation is 3. The monoisotopic (exact) mass is 336 g/mol. The third kappa shape index (κ3) is 3.55.